The third-order valence-electron chi connectivity index (χ3n) is 2.63. The first-order chi connectivity index (χ1) is 10.1. The highest BCUT2D eigenvalue weighted by Crippen LogP contribution is 2.22. The van der Waals surface area contributed by atoms with Crippen LogP contribution in [0.3, 0.4) is 0 Å². The molecule has 21 heavy (non-hydrogen) atoms. The summed E-state index contributed by atoms with van der Waals surface area (Å²) in [6, 6.07) is 15.1. The van der Waals surface area contributed by atoms with Crippen molar-refractivity contribution in [3.8, 4) is 5.75 Å². The van der Waals surface area contributed by atoms with Gasteiger partial charge in [0.2, 0.25) is 5.91 Å². The zero-order valence-corrected chi connectivity index (χ0v) is 12.3. The van der Waals surface area contributed by atoms with Gasteiger partial charge in [0, 0.05) is 17.5 Å². The summed E-state index contributed by atoms with van der Waals surface area (Å²) < 4.78 is 5.77. The van der Waals surface area contributed by atoms with Crippen LogP contribution in [0.1, 0.15) is 18.1 Å². The molecule has 5 heteroatoms. The van der Waals surface area contributed by atoms with E-state index in [9.17, 15) is 4.79 Å². The summed E-state index contributed by atoms with van der Waals surface area (Å²) in [6.07, 6.45) is 1.51. The molecule has 2 aromatic carbocycles. The third kappa shape index (κ3) is 4.93. The maximum absolute atomic E-state index is 10.8. The van der Waals surface area contributed by atoms with Crippen molar-refractivity contribution in [1.82, 2.24) is 5.43 Å². The number of hydrazone groups is 1. The van der Waals surface area contributed by atoms with Gasteiger partial charge in [0.1, 0.15) is 12.4 Å². The zero-order chi connectivity index (χ0) is 15.1. The lowest BCUT2D eigenvalue weighted by Crippen LogP contribution is -2.12. The van der Waals surface area contributed by atoms with E-state index in [2.05, 4.69) is 10.5 Å². The van der Waals surface area contributed by atoms with Crippen molar-refractivity contribution in [1.29, 1.82) is 0 Å². The van der Waals surface area contributed by atoms with E-state index in [0.29, 0.717) is 22.9 Å². The van der Waals surface area contributed by atoms with Crippen molar-refractivity contribution in [3.63, 3.8) is 0 Å². The second kappa shape index (κ2) is 7.45. The summed E-state index contributed by atoms with van der Waals surface area (Å²) in [5.41, 5.74) is 4.11. The molecule has 108 valence electrons. The number of rotatable bonds is 5. The van der Waals surface area contributed by atoms with Crippen LogP contribution in [-0.2, 0) is 11.4 Å². The number of hydrogen-bond donors (Lipinski definition) is 1. The molecule has 0 aliphatic carbocycles. The highest BCUT2D eigenvalue weighted by molar-refractivity contribution is 6.30. The van der Waals surface area contributed by atoms with E-state index in [-0.39, 0.29) is 5.91 Å². The van der Waals surface area contributed by atoms with Crippen LogP contribution in [0.4, 0.5) is 0 Å². The first kappa shape index (κ1) is 15.1. The summed E-state index contributed by atoms with van der Waals surface area (Å²) in [7, 11) is 0. The van der Waals surface area contributed by atoms with Gasteiger partial charge in [-0.25, -0.2) is 5.43 Å². The molecule has 0 spiro atoms. The minimum absolute atomic E-state index is 0.236. The molecule has 0 bridgehead atoms. The molecular weight excluding hydrogens is 288 g/mol. The number of hydrogen-bond acceptors (Lipinski definition) is 3. The van der Waals surface area contributed by atoms with Crippen molar-refractivity contribution < 1.29 is 9.53 Å². The highest BCUT2D eigenvalue weighted by Gasteiger charge is 2.03. The predicted octanol–water partition coefficient (Wildman–Crippen LogP) is 3.39. The molecule has 1 N–H and O–H groups in total. The van der Waals surface area contributed by atoms with Crippen molar-refractivity contribution >= 4 is 23.7 Å². The van der Waals surface area contributed by atoms with E-state index in [1.165, 1.54) is 13.1 Å². The molecule has 0 saturated heterocycles. The van der Waals surface area contributed by atoms with E-state index in [0.717, 1.165) is 5.56 Å². The van der Waals surface area contributed by atoms with E-state index >= 15 is 0 Å². The van der Waals surface area contributed by atoms with Crippen LogP contribution in [0.5, 0.6) is 5.75 Å². The Bertz CT molecular complexity index is 642. The summed E-state index contributed by atoms with van der Waals surface area (Å²) in [6.45, 7) is 1.84. The average molecular weight is 303 g/mol. The second-order valence-electron chi connectivity index (χ2n) is 4.38. The molecule has 2 rings (SSSR count). The Morgan fingerprint density at radius 1 is 1.29 bits per heavy atom. The summed E-state index contributed by atoms with van der Waals surface area (Å²) in [5.74, 6) is 0.414. The largest absolute Gasteiger partial charge is 0.488 e. The molecular formula is C16H15ClN2O2. The highest BCUT2D eigenvalue weighted by atomic mass is 35.5. The fourth-order valence-electron chi connectivity index (χ4n) is 1.68. The minimum atomic E-state index is -0.236. The van der Waals surface area contributed by atoms with Crippen LogP contribution >= 0.6 is 11.6 Å². The summed E-state index contributed by atoms with van der Waals surface area (Å²) in [5, 5.41) is 4.41. The van der Waals surface area contributed by atoms with Crippen LogP contribution < -0.4 is 10.2 Å². The Morgan fingerprint density at radius 3 is 2.76 bits per heavy atom. The van der Waals surface area contributed by atoms with Gasteiger partial charge in [-0.2, -0.15) is 5.10 Å². The maximum Gasteiger partial charge on any atom is 0.236 e. The van der Waals surface area contributed by atoms with E-state index in [4.69, 9.17) is 16.3 Å². The number of halogens is 1. The Labute approximate surface area is 128 Å². The third-order valence-corrected chi connectivity index (χ3v) is 2.87. The normalized spacial score (nSPS) is 10.6. The fourth-order valence-corrected chi connectivity index (χ4v) is 1.86. The van der Waals surface area contributed by atoms with Gasteiger partial charge in [0.15, 0.2) is 0 Å². The maximum atomic E-state index is 10.8. The van der Waals surface area contributed by atoms with Crippen molar-refractivity contribution in [3.05, 3.63) is 64.7 Å². The van der Waals surface area contributed by atoms with Crippen LogP contribution in [-0.4, -0.2) is 12.1 Å². The average Bonchev–Trinajstić information content (AvgIpc) is 2.47. The van der Waals surface area contributed by atoms with Gasteiger partial charge in [-0.3, -0.25) is 4.79 Å². The number of ether oxygens (including phenoxy) is 1. The lowest BCUT2D eigenvalue weighted by atomic mass is 10.2. The number of carbonyl (C=O) groups is 1. The Morgan fingerprint density at radius 2 is 2.05 bits per heavy atom. The fraction of sp³-hybridized carbons (Fsp3) is 0.125. The summed E-state index contributed by atoms with van der Waals surface area (Å²) in [4.78, 5) is 10.8. The van der Waals surface area contributed by atoms with Crippen molar-refractivity contribution in [2.24, 2.45) is 5.10 Å². The molecule has 0 aliphatic heterocycles. The van der Waals surface area contributed by atoms with Gasteiger partial charge in [-0.05, 0) is 23.8 Å². The molecule has 0 unspecified atom stereocenters. The van der Waals surface area contributed by atoms with Gasteiger partial charge in [-0.15, -0.1) is 0 Å². The van der Waals surface area contributed by atoms with Crippen molar-refractivity contribution in [2.75, 3.05) is 0 Å². The standard InChI is InChI=1S/C16H15ClN2O2/c1-12(20)19-18-10-14-9-15(17)7-8-16(14)21-11-13-5-3-2-4-6-13/h2-10H,11H2,1H3,(H,19,20)/b18-10-. The summed E-state index contributed by atoms with van der Waals surface area (Å²) >= 11 is 5.97. The number of carbonyl (C=O) groups excluding carboxylic acids is 1. The Balaban J connectivity index is 2.11. The second-order valence-corrected chi connectivity index (χ2v) is 4.82. The predicted molar refractivity (Wildman–Crippen MR) is 83.6 cm³/mol. The van der Waals surface area contributed by atoms with Crippen LogP contribution in [0.15, 0.2) is 53.6 Å². The molecule has 0 fully saturated rings. The van der Waals surface area contributed by atoms with E-state index < -0.39 is 0 Å². The zero-order valence-electron chi connectivity index (χ0n) is 11.5. The van der Waals surface area contributed by atoms with Crippen molar-refractivity contribution in [2.45, 2.75) is 13.5 Å². The monoisotopic (exact) mass is 302 g/mol. The molecule has 0 radical (unpaired) electrons. The number of amides is 1. The molecule has 1 amide bonds. The van der Waals surface area contributed by atoms with Gasteiger partial charge in [-0.1, -0.05) is 41.9 Å². The first-order valence-corrected chi connectivity index (χ1v) is 6.79. The Hall–Kier alpha value is -2.33. The van der Waals surface area contributed by atoms with Gasteiger partial charge in [0.25, 0.3) is 0 Å². The smallest absolute Gasteiger partial charge is 0.236 e. The lowest BCUT2D eigenvalue weighted by molar-refractivity contribution is -0.118. The molecule has 0 saturated carbocycles. The van der Waals surface area contributed by atoms with Gasteiger partial charge in [0.05, 0.1) is 6.21 Å². The number of benzene rings is 2. The molecule has 4 nitrogen and oxygen atoms in total. The Kier molecular flexibility index (Phi) is 5.35. The quantitative estimate of drug-likeness (QED) is 0.680. The van der Waals surface area contributed by atoms with Crippen LogP contribution in [0.25, 0.3) is 0 Å². The van der Waals surface area contributed by atoms with Crippen LogP contribution in [0, 0.1) is 0 Å². The lowest BCUT2D eigenvalue weighted by Gasteiger charge is -2.09. The topological polar surface area (TPSA) is 50.7 Å². The number of nitrogens with one attached hydrogen (secondary N) is 1. The van der Waals surface area contributed by atoms with Crippen LogP contribution in [0.2, 0.25) is 5.02 Å². The van der Waals surface area contributed by atoms with Gasteiger partial charge < -0.3 is 4.74 Å². The first-order valence-electron chi connectivity index (χ1n) is 6.41. The molecule has 0 aliphatic rings. The molecule has 2 aromatic rings. The number of nitrogens with zero attached hydrogens (tertiary/aromatic N) is 1. The molecule has 0 heterocycles. The van der Waals surface area contributed by atoms with Gasteiger partial charge >= 0.3 is 0 Å². The SMILES string of the molecule is CC(=O)N/N=C\c1cc(Cl)ccc1OCc1ccccc1. The van der Waals surface area contributed by atoms with E-state index in [1.54, 1.807) is 18.2 Å². The molecule has 0 atom stereocenters. The minimum Gasteiger partial charge on any atom is -0.488 e. The molecule has 0 aromatic heterocycles. The van der Waals surface area contributed by atoms with E-state index in [1.807, 2.05) is 30.3 Å².